The SMILES string of the molecule is CC(=O)[C@H]1CC=C[C@H](N)C1. The number of carbonyl (C=O) groups is 1. The Morgan fingerprint density at radius 1 is 1.70 bits per heavy atom. The molecule has 0 radical (unpaired) electrons. The lowest BCUT2D eigenvalue weighted by Crippen LogP contribution is -2.27. The van der Waals surface area contributed by atoms with Gasteiger partial charge in [-0.1, -0.05) is 12.2 Å². The van der Waals surface area contributed by atoms with Crippen LogP contribution in [0.3, 0.4) is 0 Å². The van der Waals surface area contributed by atoms with Crippen molar-refractivity contribution in [3.8, 4) is 0 Å². The third kappa shape index (κ3) is 1.67. The zero-order valence-corrected chi connectivity index (χ0v) is 6.21. The number of hydrogen-bond acceptors (Lipinski definition) is 2. The minimum atomic E-state index is 0.0997. The molecule has 0 spiro atoms. The van der Waals surface area contributed by atoms with Gasteiger partial charge in [-0.15, -0.1) is 0 Å². The topological polar surface area (TPSA) is 43.1 Å². The van der Waals surface area contributed by atoms with Gasteiger partial charge in [-0.25, -0.2) is 0 Å². The molecule has 10 heavy (non-hydrogen) atoms. The summed E-state index contributed by atoms with van der Waals surface area (Å²) in [7, 11) is 0. The highest BCUT2D eigenvalue weighted by atomic mass is 16.1. The summed E-state index contributed by atoms with van der Waals surface area (Å²) in [5, 5.41) is 0. The monoisotopic (exact) mass is 139 g/mol. The Morgan fingerprint density at radius 3 is 2.80 bits per heavy atom. The van der Waals surface area contributed by atoms with E-state index in [1.807, 2.05) is 12.2 Å². The fourth-order valence-corrected chi connectivity index (χ4v) is 1.25. The minimum absolute atomic E-state index is 0.0997. The molecule has 1 rings (SSSR count). The molecule has 0 unspecified atom stereocenters. The Morgan fingerprint density at radius 2 is 2.40 bits per heavy atom. The molecule has 1 aliphatic rings. The Bertz CT molecular complexity index is 163. The van der Waals surface area contributed by atoms with Gasteiger partial charge in [0.1, 0.15) is 5.78 Å². The number of allylic oxidation sites excluding steroid dienone is 1. The summed E-state index contributed by atoms with van der Waals surface area (Å²) in [5.74, 6) is 0.444. The Kier molecular flexibility index (Phi) is 2.22. The lowest BCUT2D eigenvalue weighted by molar-refractivity contribution is -0.121. The smallest absolute Gasteiger partial charge is 0.133 e. The van der Waals surface area contributed by atoms with Crippen molar-refractivity contribution in [1.29, 1.82) is 0 Å². The third-order valence-corrected chi connectivity index (χ3v) is 1.94. The normalized spacial score (nSPS) is 32.2. The van der Waals surface area contributed by atoms with E-state index in [2.05, 4.69) is 0 Å². The van der Waals surface area contributed by atoms with E-state index in [-0.39, 0.29) is 17.7 Å². The van der Waals surface area contributed by atoms with Crippen molar-refractivity contribution in [1.82, 2.24) is 0 Å². The highest BCUT2D eigenvalue weighted by Gasteiger charge is 2.18. The van der Waals surface area contributed by atoms with Gasteiger partial charge in [0.25, 0.3) is 0 Å². The van der Waals surface area contributed by atoms with Crippen LogP contribution in [-0.4, -0.2) is 11.8 Å². The van der Waals surface area contributed by atoms with Crippen molar-refractivity contribution in [2.24, 2.45) is 11.7 Å². The number of hydrogen-bond donors (Lipinski definition) is 1. The fourth-order valence-electron chi connectivity index (χ4n) is 1.25. The van der Waals surface area contributed by atoms with Gasteiger partial charge in [-0.3, -0.25) is 4.79 Å². The van der Waals surface area contributed by atoms with E-state index < -0.39 is 0 Å². The maximum absolute atomic E-state index is 10.9. The summed E-state index contributed by atoms with van der Waals surface area (Å²) in [4.78, 5) is 10.9. The number of ketones is 1. The maximum Gasteiger partial charge on any atom is 0.133 e. The largest absolute Gasteiger partial charge is 0.324 e. The molecule has 0 amide bonds. The molecule has 0 bridgehead atoms. The molecule has 2 N–H and O–H groups in total. The summed E-state index contributed by atoms with van der Waals surface area (Å²) in [6.45, 7) is 1.64. The molecule has 0 aliphatic heterocycles. The molecule has 0 fully saturated rings. The molecule has 1 aliphatic carbocycles. The van der Waals surface area contributed by atoms with Crippen LogP contribution in [-0.2, 0) is 4.79 Å². The van der Waals surface area contributed by atoms with E-state index in [0.717, 1.165) is 12.8 Å². The van der Waals surface area contributed by atoms with E-state index in [1.165, 1.54) is 0 Å². The number of nitrogens with two attached hydrogens (primary N) is 1. The molecule has 0 saturated heterocycles. The summed E-state index contributed by atoms with van der Waals surface area (Å²) in [6, 6.07) is 0.0997. The zero-order chi connectivity index (χ0) is 7.56. The average Bonchev–Trinajstić information content (AvgIpc) is 1.88. The highest BCUT2D eigenvalue weighted by Crippen LogP contribution is 2.17. The molecule has 0 aromatic carbocycles. The number of Topliss-reactive ketones (excluding diaryl/α,β-unsaturated/α-hetero) is 1. The van der Waals surface area contributed by atoms with Crippen LogP contribution in [0.2, 0.25) is 0 Å². The van der Waals surface area contributed by atoms with Gasteiger partial charge in [0, 0.05) is 12.0 Å². The van der Waals surface area contributed by atoms with Gasteiger partial charge < -0.3 is 5.73 Å². The summed E-state index contributed by atoms with van der Waals surface area (Å²) >= 11 is 0. The first-order valence-electron chi connectivity index (χ1n) is 3.63. The maximum atomic E-state index is 10.9. The average molecular weight is 139 g/mol. The van der Waals surface area contributed by atoms with E-state index in [0.29, 0.717) is 0 Å². The molecule has 0 aromatic rings. The van der Waals surface area contributed by atoms with E-state index >= 15 is 0 Å². The van der Waals surface area contributed by atoms with Gasteiger partial charge in [0.05, 0.1) is 0 Å². The number of rotatable bonds is 1. The first-order chi connectivity index (χ1) is 4.70. The van der Waals surface area contributed by atoms with E-state index in [9.17, 15) is 4.79 Å². The van der Waals surface area contributed by atoms with Crippen LogP contribution in [0.25, 0.3) is 0 Å². The molecule has 0 heterocycles. The molecule has 2 heteroatoms. The first kappa shape index (κ1) is 7.48. The van der Waals surface area contributed by atoms with E-state index in [1.54, 1.807) is 6.92 Å². The van der Waals surface area contributed by atoms with Crippen molar-refractivity contribution >= 4 is 5.78 Å². The third-order valence-electron chi connectivity index (χ3n) is 1.94. The van der Waals surface area contributed by atoms with Crippen LogP contribution in [0.4, 0.5) is 0 Å². The minimum Gasteiger partial charge on any atom is -0.324 e. The van der Waals surface area contributed by atoms with Crippen molar-refractivity contribution in [3.63, 3.8) is 0 Å². The lowest BCUT2D eigenvalue weighted by atomic mass is 9.89. The van der Waals surface area contributed by atoms with Crippen LogP contribution in [0.15, 0.2) is 12.2 Å². The van der Waals surface area contributed by atoms with Crippen LogP contribution in [0.1, 0.15) is 19.8 Å². The molecule has 56 valence electrons. The van der Waals surface area contributed by atoms with Crippen LogP contribution >= 0.6 is 0 Å². The van der Waals surface area contributed by atoms with Crippen LogP contribution in [0, 0.1) is 5.92 Å². The van der Waals surface area contributed by atoms with Crippen molar-refractivity contribution in [2.75, 3.05) is 0 Å². The van der Waals surface area contributed by atoms with Gasteiger partial charge in [0.15, 0.2) is 0 Å². The summed E-state index contributed by atoms with van der Waals surface area (Å²) < 4.78 is 0. The molecular weight excluding hydrogens is 126 g/mol. The lowest BCUT2D eigenvalue weighted by Gasteiger charge is -2.18. The van der Waals surface area contributed by atoms with Crippen LogP contribution < -0.4 is 5.73 Å². The van der Waals surface area contributed by atoms with Crippen molar-refractivity contribution in [2.45, 2.75) is 25.8 Å². The molecule has 0 saturated carbocycles. The van der Waals surface area contributed by atoms with Gasteiger partial charge in [-0.2, -0.15) is 0 Å². The second-order valence-electron chi connectivity index (χ2n) is 2.87. The first-order valence-corrected chi connectivity index (χ1v) is 3.63. The fraction of sp³-hybridized carbons (Fsp3) is 0.625. The standard InChI is InChI=1S/C8H13NO/c1-6(10)7-3-2-4-8(9)5-7/h2,4,7-8H,3,5,9H2,1H3/t7-,8-/m0/s1. The second kappa shape index (κ2) is 2.97. The van der Waals surface area contributed by atoms with E-state index in [4.69, 9.17) is 5.73 Å². The van der Waals surface area contributed by atoms with Gasteiger partial charge in [-0.05, 0) is 19.8 Å². The predicted octanol–water partition coefficient (Wildman–Crippen LogP) is 0.869. The Hall–Kier alpha value is -0.630. The molecular formula is C8H13NO. The predicted molar refractivity (Wildman–Crippen MR) is 40.5 cm³/mol. The van der Waals surface area contributed by atoms with Gasteiger partial charge >= 0.3 is 0 Å². The zero-order valence-electron chi connectivity index (χ0n) is 6.21. The Balaban J connectivity index is 2.52. The van der Waals surface area contributed by atoms with Crippen LogP contribution in [0.5, 0.6) is 0 Å². The molecule has 2 atom stereocenters. The van der Waals surface area contributed by atoms with Crippen molar-refractivity contribution in [3.05, 3.63) is 12.2 Å². The quantitative estimate of drug-likeness (QED) is 0.548. The number of carbonyl (C=O) groups excluding carboxylic acids is 1. The van der Waals surface area contributed by atoms with Crippen molar-refractivity contribution < 1.29 is 4.79 Å². The van der Waals surface area contributed by atoms with Gasteiger partial charge in [0.2, 0.25) is 0 Å². The molecule has 2 nitrogen and oxygen atoms in total. The molecule has 0 aromatic heterocycles. The second-order valence-corrected chi connectivity index (χ2v) is 2.87. The summed E-state index contributed by atoms with van der Waals surface area (Å²) in [6.07, 6.45) is 5.68. The summed E-state index contributed by atoms with van der Waals surface area (Å²) in [5.41, 5.74) is 5.62. The Labute approximate surface area is 61.1 Å². The highest BCUT2D eigenvalue weighted by molar-refractivity contribution is 5.78.